The van der Waals surface area contributed by atoms with Gasteiger partial charge in [0.05, 0.1) is 0 Å². The summed E-state index contributed by atoms with van der Waals surface area (Å²) in [6, 6.07) is 14.6. The van der Waals surface area contributed by atoms with E-state index >= 15 is 0 Å². The molecule has 0 heterocycles. The molecule has 0 aliphatic carbocycles. The van der Waals surface area contributed by atoms with Gasteiger partial charge in [0.1, 0.15) is 0 Å². The number of carbonyl (C=O) groups excluding carboxylic acids is 1. The van der Waals surface area contributed by atoms with Crippen LogP contribution in [0, 0.1) is 6.92 Å². The average molecular weight is 211 g/mol. The summed E-state index contributed by atoms with van der Waals surface area (Å²) in [5.41, 5.74) is 8.71. The second-order valence-electron chi connectivity index (χ2n) is 3.82. The van der Waals surface area contributed by atoms with Crippen molar-refractivity contribution in [2.24, 2.45) is 0 Å². The molecule has 0 aliphatic rings. The summed E-state index contributed by atoms with van der Waals surface area (Å²) in [7, 11) is 0. The van der Waals surface area contributed by atoms with Crippen LogP contribution in [0.25, 0.3) is 0 Å². The van der Waals surface area contributed by atoms with Crippen molar-refractivity contribution < 1.29 is 4.79 Å². The van der Waals surface area contributed by atoms with Gasteiger partial charge >= 0.3 is 0 Å². The van der Waals surface area contributed by atoms with E-state index in [-0.39, 0.29) is 5.78 Å². The molecule has 2 aromatic rings. The zero-order valence-corrected chi connectivity index (χ0v) is 9.10. The first-order valence-electron chi connectivity index (χ1n) is 5.14. The Labute approximate surface area is 94.7 Å². The fourth-order valence-corrected chi connectivity index (χ4v) is 1.59. The monoisotopic (exact) mass is 211 g/mol. The van der Waals surface area contributed by atoms with Gasteiger partial charge in [0, 0.05) is 16.8 Å². The maximum Gasteiger partial charge on any atom is 0.193 e. The van der Waals surface area contributed by atoms with Crippen LogP contribution in [0.2, 0.25) is 0 Å². The molecule has 2 heteroatoms. The van der Waals surface area contributed by atoms with E-state index in [1.807, 2.05) is 31.2 Å². The third kappa shape index (κ3) is 2.11. The van der Waals surface area contributed by atoms with Crippen LogP contribution in [0.1, 0.15) is 21.5 Å². The molecule has 0 saturated carbocycles. The third-order valence-corrected chi connectivity index (χ3v) is 2.45. The first-order valence-corrected chi connectivity index (χ1v) is 5.14. The minimum Gasteiger partial charge on any atom is -0.399 e. The first kappa shape index (κ1) is 10.4. The minimum atomic E-state index is 0.0312. The Bertz CT molecular complexity index is 515. The summed E-state index contributed by atoms with van der Waals surface area (Å²) in [6.07, 6.45) is 0. The molecule has 0 unspecified atom stereocenters. The van der Waals surface area contributed by atoms with Crippen molar-refractivity contribution in [3.8, 4) is 0 Å². The predicted molar refractivity (Wildman–Crippen MR) is 65.5 cm³/mol. The number of hydrogen-bond donors (Lipinski definition) is 1. The van der Waals surface area contributed by atoms with Crippen molar-refractivity contribution in [3.63, 3.8) is 0 Å². The molecular weight excluding hydrogens is 198 g/mol. The van der Waals surface area contributed by atoms with E-state index in [0.717, 1.165) is 5.56 Å². The zero-order chi connectivity index (χ0) is 11.5. The van der Waals surface area contributed by atoms with Crippen molar-refractivity contribution in [3.05, 3.63) is 65.2 Å². The molecule has 0 saturated heterocycles. The number of rotatable bonds is 2. The van der Waals surface area contributed by atoms with Crippen LogP contribution in [0.3, 0.4) is 0 Å². The van der Waals surface area contributed by atoms with Crippen molar-refractivity contribution in [1.29, 1.82) is 0 Å². The van der Waals surface area contributed by atoms with E-state index in [4.69, 9.17) is 5.73 Å². The fraction of sp³-hybridized carbons (Fsp3) is 0.0714. The highest BCUT2D eigenvalue weighted by Gasteiger charge is 2.08. The lowest BCUT2D eigenvalue weighted by atomic mass is 10.0. The molecule has 0 amide bonds. The molecule has 0 bridgehead atoms. The van der Waals surface area contributed by atoms with Crippen LogP contribution >= 0.6 is 0 Å². The number of aryl methyl sites for hydroxylation is 1. The normalized spacial score (nSPS) is 10.1. The Balaban J connectivity index is 2.35. The van der Waals surface area contributed by atoms with E-state index in [1.165, 1.54) is 0 Å². The summed E-state index contributed by atoms with van der Waals surface area (Å²) in [6.45, 7) is 1.97. The van der Waals surface area contributed by atoms with Gasteiger partial charge in [-0.05, 0) is 37.3 Å². The molecule has 0 fully saturated rings. The maximum atomic E-state index is 12.1. The van der Waals surface area contributed by atoms with Crippen molar-refractivity contribution in [2.75, 3.05) is 5.73 Å². The molecule has 0 radical (unpaired) electrons. The second kappa shape index (κ2) is 4.19. The van der Waals surface area contributed by atoms with Gasteiger partial charge in [0.15, 0.2) is 5.78 Å². The highest BCUT2D eigenvalue weighted by molar-refractivity contribution is 6.09. The Kier molecular flexibility index (Phi) is 2.73. The molecule has 2 N–H and O–H groups in total. The van der Waals surface area contributed by atoms with Gasteiger partial charge in [0.25, 0.3) is 0 Å². The molecule has 0 aliphatic heterocycles. The first-order chi connectivity index (χ1) is 7.66. The van der Waals surface area contributed by atoms with Crippen LogP contribution < -0.4 is 5.73 Å². The lowest BCUT2D eigenvalue weighted by Gasteiger charge is -2.02. The van der Waals surface area contributed by atoms with E-state index in [2.05, 4.69) is 0 Å². The molecule has 80 valence electrons. The van der Waals surface area contributed by atoms with Gasteiger partial charge < -0.3 is 5.73 Å². The Hall–Kier alpha value is -2.09. The molecular formula is C14H13NO. The van der Waals surface area contributed by atoms with Gasteiger partial charge in [-0.1, -0.05) is 23.8 Å². The van der Waals surface area contributed by atoms with Crippen LogP contribution in [0.5, 0.6) is 0 Å². The highest BCUT2D eigenvalue weighted by Crippen LogP contribution is 2.13. The van der Waals surface area contributed by atoms with Crippen molar-refractivity contribution in [1.82, 2.24) is 0 Å². The third-order valence-electron chi connectivity index (χ3n) is 2.45. The van der Waals surface area contributed by atoms with E-state index in [9.17, 15) is 4.79 Å². The largest absolute Gasteiger partial charge is 0.399 e. The number of benzene rings is 2. The summed E-state index contributed by atoms with van der Waals surface area (Å²) in [4.78, 5) is 12.1. The van der Waals surface area contributed by atoms with Crippen LogP contribution in [0.15, 0.2) is 48.5 Å². The van der Waals surface area contributed by atoms with Gasteiger partial charge in [-0.15, -0.1) is 0 Å². The summed E-state index contributed by atoms with van der Waals surface area (Å²) in [5.74, 6) is 0.0312. The molecule has 0 spiro atoms. The number of carbonyl (C=O) groups is 1. The number of ketones is 1. The highest BCUT2D eigenvalue weighted by atomic mass is 16.1. The number of nitrogen functional groups attached to an aromatic ring is 1. The quantitative estimate of drug-likeness (QED) is 0.613. The number of anilines is 1. The Morgan fingerprint density at radius 3 is 2.31 bits per heavy atom. The van der Waals surface area contributed by atoms with Crippen molar-refractivity contribution in [2.45, 2.75) is 6.92 Å². The van der Waals surface area contributed by atoms with Gasteiger partial charge in [-0.25, -0.2) is 0 Å². The lowest BCUT2D eigenvalue weighted by Crippen LogP contribution is -2.01. The van der Waals surface area contributed by atoms with Crippen LogP contribution in [-0.2, 0) is 0 Å². The van der Waals surface area contributed by atoms with Gasteiger partial charge in [-0.2, -0.15) is 0 Å². The Morgan fingerprint density at radius 1 is 1.00 bits per heavy atom. The molecule has 0 aromatic heterocycles. The lowest BCUT2D eigenvalue weighted by molar-refractivity contribution is 0.103. The predicted octanol–water partition coefficient (Wildman–Crippen LogP) is 2.81. The van der Waals surface area contributed by atoms with Gasteiger partial charge in [-0.3, -0.25) is 4.79 Å². The van der Waals surface area contributed by atoms with Gasteiger partial charge in [0.2, 0.25) is 0 Å². The fourth-order valence-electron chi connectivity index (χ4n) is 1.59. The summed E-state index contributed by atoms with van der Waals surface area (Å²) in [5, 5.41) is 0. The zero-order valence-electron chi connectivity index (χ0n) is 9.10. The number of hydrogen-bond acceptors (Lipinski definition) is 2. The topological polar surface area (TPSA) is 43.1 Å². The molecule has 2 aromatic carbocycles. The standard InChI is InChI=1S/C14H13NO/c1-10-3-2-4-12(9-10)14(16)11-5-7-13(15)8-6-11/h2-9H,15H2,1H3. The molecule has 2 nitrogen and oxygen atoms in total. The average Bonchev–Trinajstić information content (AvgIpc) is 2.29. The summed E-state index contributed by atoms with van der Waals surface area (Å²) >= 11 is 0. The van der Waals surface area contributed by atoms with Crippen molar-refractivity contribution >= 4 is 11.5 Å². The minimum absolute atomic E-state index is 0.0312. The van der Waals surface area contributed by atoms with Crippen LogP contribution in [0.4, 0.5) is 5.69 Å². The molecule has 16 heavy (non-hydrogen) atoms. The summed E-state index contributed by atoms with van der Waals surface area (Å²) < 4.78 is 0. The SMILES string of the molecule is Cc1cccc(C(=O)c2ccc(N)cc2)c1. The van der Waals surface area contributed by atoms with E-state index < -0.39 is 0 Å². The smallest absolute Gasteiger partial charge is 0.193 e. The van der Waals surface area contributed by atoms with E-state index in [1.54, 1.807) is 24.3 Å². The van der Waals surface area contributed by atoms with Crippen LogP contribution in [-0.4, -0.2) is 5.78 Å². The molecule has 2 rings (SSSR count). The number of nitrogens with two attached hydrogens (primary N) is 1. The molecule has 0 atom stereocenters. The van der Waals surface area contributed by atoms with E-state index in [0.29, 0.717) is 16.8 Å². The second-order valence-corrected chi connectivity index (χ2v) is 3.82. The maximum absolute atomic E-state index is 12.1. The Morgan fingerprint density at radius 2 is 1.69 bits per heavy atom.